The van der Waals surface area contributed by atoms with Crippen molar-refractivity contribution in [3.05, 3.63) is 53.6 Å². The number of aromatic nitrogens is 1. The van der Waals surface area contributed by atoms with Crippen molar-refractivity contribution < 1.29 is 18.0 Å². The van der Waals surface area contributed by atoms with E-state index in [4.69, 9.17) is 0 Å². The van der Waals surface area contributed by atoms with Crippen molar-refractivity contribution in [2.24, 2.45) is 0 Å². The zero-order valence-electron chi connectivity index (χ0n) is 14.0. The minimum absolute atomic E-state index is 0.0568. The summed E-state index contributed by atoms with van der Waals surface area (Å²) in [6.07, 6.45) is -4.46. The average Bonchev–Trinajstić information content (AvgIpc) is 2.95. The molecule has 0 aliphatic heterocycles. The molecule has 1 aromatic heterocycles. The van der Waals surface area contributed by atoms with E-state index in [1.165, 1.54) is 23.5 Å². The molecule has 3 rings (SSSR count). The van der Waals surface area contributed by atoms with Crippen LogP contribution in [0, 0.1) is 0 Å². The number of para-hydroxylation sites is 1. The molecular weight excluding hydrogens is 363 g/mol. The van der Waals surface area contributed by atoms with Crippen molar-refractivity contribution in [1.82, 2.24) is 4.98 Å². The van der Waals surface area contributed by atoms with Crippen molar-refractivity contribution >= 4 is 38.4 Å². The van der Waals surface area contributed by atoms with E-state index in [1.54, 1.807) is 0 Å². The van der Waals surface area contributed by atoms with Gasteiger partial charge in [0.25, 0.3) is 0 Å². The molecule has 0 bridgehead atoms. The van der Waals surface area contributed by atoms with Gasteiger partial charge < -0.3 is 5.32 Å². The highest BCUT2D eigenvalue weighted by Gasteiger charge is 2.30. The lowest BCUT2D eigenvalue weighted by atomic mass is 10.0. The van der Waals surface area contributed by atoms with Crippen LogP contribution in [0.5, 0.6) is 0 Å². The van der Waals surface area contributed by atoms with Gasteiger partial charge in [0, 0.05) is 5.69 Å². The summed E-state index contributed by atoms with van der Waals surface area (Å²) < 4.78 is 39.1. The summed E-state index contributed by atoms with van der Waals surface area (Å²) in [7, 11) is 0. The summed E-state index contributed by atoms with van der Waals surface area (Å²) in [5.74, 6) is 0.285. The molecule has 1 heterocycles. The predicted molar refractivity (Wildman–Crippen MR) is 97.8 cm³/mol. The van der Waals surface area contributed by atoms with E-state index in [9.17, 15) is 18.0 Å². The average molecular weight is 379 g/mol. The number of carbonyl (C=O) groups excluding carboxylic acids is 1. The Morgan fingerprint density at radius 3 is 2.54 bits per heavy atom. The Labute approximate surface area is 152 Å². The van der Waals surface area contributed by atoms with Gasteiger partial charge in [-0.25, -0.2) is 9.78 Å². The molecule has 3 aromatic rings. The van der Waals surface area contributed by atoms with Gasteiger partial charge in [-0.3, -0.25) is 5.32 Å². The number of halogens is 3. The van der Waals surface area contributed by atoms with Crippen LogP contribution in [0.3, 0.4) is 0 Å². The molecule has 0 saturated carbocycles. The summed E-state index contributed by atoms with van der Waals surface area (Å²) in [6.45, 7) is 4.11. The van der Waals surface area contributed by atoms with Crippen LogP contribution in [0.1, 0.15) is 30.9 Å². The first kappa shape index (κ1) is 18.2. The summed E-state index contributed by atoms with van der Waals surface area (Å²) in [5, 5.41) is 5.37. The predicted octanol–water partition coefficient (Wildman–Crippen LogP) is 6.08. The molecule has 0 unspecified atom stereocenters. The van der Waals surface area contributed by atoms with E-state index in [0.717, 1.165) is 27.9 Å². The first-order valence-electron chi connectivity index (χ1n) is 7.89. The second-order valence-electron chi connectivity index (χ2n) is 6.03. The zero-order valence-corrected chi connectivity index (χ0v) is 14.8. The Morgan fingerprint density at radius 1 is 1.12 bits per heavy atom. The number of nitrogens with zero attached hydrogens (tertiary/aromatic N) is 1. The molecule has 26 heavy (non-hydrogen) atoms. The van der Waals surface area contributed by atoms with Crippen molar-refractivity contribution in [1.29, 1.82) is 0 Å². The van der Waals surface area contributed by atoms with Crippen molar-refractivity contribution in [2.75, 3.05) is 10.6 Å². The standard InChI is InChI=1S/C18H16F3N3OS/c1-10(2)13-7-4-8-14-15(13)23-17(26-14)24-16(25)22-12-6-3-5-11(9-12)18(19,20)21/h3-10H,1-2H3,(H2,22,23,24,25). The van der Waals surface area contributed by atoms with Crippen LogP contribution in [0.2, 0.25) is 0 Å². The van der Waals surface area contributed by atoms with E-state index in [0.29, 0.717) is 5.13 Å². The molecule has 2 N–H and O–H groups in total. The van der Waals surface area contributed by atoms with Gasteiger partial charge in [-0.2, -0.15) is 13.2 Å². The molecule has 0 atom stereocenters. The lowest BCUT2D eigenvalue weighted by Crippen LogP contribution is -2.19. The fourth-order valence-corrected chi connectivity index (χ4v) is 3.42. The van der Waals surface area contributed by atoms with Gasteiger partial charge in [0.05, 0.1) is 15.8 Å². The van der Waals surface area contributed by atoms with Crippen LogP contribution in [-0.4, -0.2) is 11.0 Å². The zero-order chi connectivity index (χ0) is 18.9. The van der Waals surface area contributed by atoms with Crippen LogP contribution in [-0.2, 0) is 6.18 Å². The number of fused-ring (bicyclic) bond motifs is 1. The maximum absolute atomic E-state index is 12.7. The lowest BCUT2D eigenvalue weighted by Gasteiger charge is -2.09. The third-order valence-corrected chi connectivity index (χ3v) is 4.68. The Kier molecular flexibility index (Phi) is 4.86. The Bertz CT molecular complexity index is 950. The Morgan fingerprint density at radius 2 is 1.85 bits per heavy atom. The number of alkyl halides is 3. The second-order valence-corrected chi connectivity index (χ2v) is 7.06. The van der Waals surface area contributed by atoms with Gasteiger partial charge in [-0.15, -0.1) is 0 Å². The van der Waals surface area contributed by atoms with Crippen molar-refractivity contribution in [3.8, 4) is 0 Å². The number of anilines is 2. The summed E-state index contributed by atoms with van der Waals surface area (Å²) in [6, 6.07) is 9.65. The normalized spacial score (nSPS) is 11.8. The SMILES string of the molecule is CC(C)c1cccc2sc(NC(=O)Nc3cccc(C(F)(F)F)c3)nc12. The van der Waals surface area contributed by atoms with Gasteiger partial charge in [0.15, 0.2) is 5.13 Å². The number of carbonyl (C=O) groups is 1. The van der Waals surface area contributed by atoms with Crippen molar-refractivity contribution in [3.63, 3.8) is 0 Å². The van der Waals surface area contributed by atoms with Gasteiger partial charge >= 0.3 is 12.2 Å². The number of urea groups is 1. The largest absolute Gasteiger partial charge is 0.416 e. The molecule has 8 heteroatoms. The quantitative estimate of drug-likeness (QED) is 0.579. The van der Waals surface area contributed by atoms with Crippen LogP contribution >= 0.6 is 11.3 Å². The summed E-state index contributed by atoms with van der Waals surface area (Å²) >= 11 is 1.31. The highest BCUT2D eigenvalue weighted by molar-refractivity contribution is 7.22. The molecule has 0 spiro atoms. The fourth-order valence-electron chi connectivity index (χ4n) is 2.52. The maximum atomic E-state index is 12.7. The lowest BCUT2D eigenvalue weighted by molar-refractivity contribution is -0.137. The number of hydrogen-bond donors (Lipinski definition) is 2. The molecule has 2 amide bonds. The minimum atomic E-state index is -4.46. The van der Waals surface area contributed by atoms with E-state index < -0.39 is 17.8 Å². The highest BCUT2D eigenvalue weighted by atomic mass is 32.1. The first-order chi connectivity index (χ1) is 12.2. The molecule has 0 aliphatic carbocycles. The monoisotopic (exact) mass is 379 g/mol. The molecule has 0 saturated heterocycles. The number of thiazole rings is 1. The van der Waals surface area contributed by atoms with Gasteiger partial charge in [0.1, 0.15) is 0 Å². The van der Waals surface area contributed by atoms with Gasteiger partial charge in [0.2, 0.25) is 0 Å². The van der Waals surface area contributed by atoms with Gasteiger partial charge in [-0.05, 0) is 35.7 Å². The number of rotatable bonds is 3. The van der Waals surface area contributed by atoms with Crippen LogP contribution in [0.15, 0.2) is 42.5 Å². The first-order valence-corrected chi connectivity index (χ1v) is 8.70. The number of nitrogens with one attached hydrogen (secondary N) is 2. The number of amides is 2. The molecule has 0 radical (unpaired) electrons. The van der Waals surface area contributed by atoms with E-state index in [2.05, 4.69) is 29.5 Å². The molecule has 4 nitrogen and oxygen atoms in total. The van der Waals surface area contributed by atoms with E-state index >= 15 is 0 Å². The Hall–Kier alpha value is -2.61. The highest BCUT2D eigenvalue weighted by Crippen LogP contribution is 2.32. The molecular formula is C18H16F3N3OS. The smallest absolute Gasteiger partial charge is 0.308 e. The van der Waals surface area contributed by atoms with Crippen molar-refractivity contribution in [2.45, 2.75) is 25.9 Å². The van der Waals surface area contributed by atoms with E-state index in [1.807, 2.05) is 18.2 Å². The summed E-state index contributed by atoms with van der Waals surface area (Å²) in [5.41, 5.74) is 1.13. The maximum Gasteiger partial charge on any atom is 0.416 e. The van der Waals surface area contributed by atoms with Crippen LogP contribution in [0.4, 0.5) is 28.8 Å². The molecule has 0 aliphatic rings. The number of benzene rings is 2. The van der Waals surface area contributed by atoms with Gasteiger partial charge in [-0.1, -0.05) is 43.4 Å². The molecule has 2 aromatic carbocycles. The minimum Gasteiger partial charge on any atom is -0.308 e. The third-order valence-electron chi connectivity index (χ3n) is 3.74. The topological polar surface area (TPSA) is 54.0 Å². The molecule has 0 fully saturated rings. The Balaban J connectivity index is 1.77. The van der Waals surface area contributed by atoms with Crippen LogP contribution < -0.4 is 10.6 Å². The third kappa shape index (κ3) is 3.96. The number of hydrogen-bond acceptors (Lipinski definition) is 3. The summed E-state index contributed by atoms with van der Waals surface area (Å²) in [4.78, 5) is 16.5. The van der Waals surface area contributed by atoms with Crippen LogP contribution in [0.25, 0.3) is 10.2 Å². The van der Waals surface area contributed by atoms with E-state index in [-0.39, 0.29) is 11.6 Å². The molecule has 136 valence electrons. The second kappa shape index (κ2) is 6.95. The fraction of sp³-hybridized carbons (Fsp3) is 0.222.